The molecule has 0 aliphatic heterocycles. The number of esters is 2. The van der Waals surface area contributed by atoms with Crippen molar-refractivity contribution in [1.82, 2.24) is 4.90 Å². The zero-order chi connectivity index (χ0) is 41.2. The van der Waals surface area contributed by atoms with E-state index in [1.807, 2.05) is 19.0 Å². The first-order chi connectivity index (χ1) is 27.3. The highest BCUT2D eigenvalue weighted by Gasteiger charge is 2.18. The number of carbonyl (C=O) groups is 3. The fourth-order valence-electron chi connectivity index (χ4n) is 6.39. The minimum atomic E-state index is -0.771. The monoisotopic (exact) mass is 790 g/mol. The first kappa shape index (κ1) is 53.4. The molecule has 0 amide bonds. The van der Waals surface area contributed by atoms with Gasteiger partial charge < -0.3 is 23.8 Å². The van der Waals surface area contributed by atoms with Crippen LogP contribution in [0.4, 0.5) is 4.79 Å². The Morgan fingerprint density at radius 2 is 0.964 bits per heavy atom. The molecule has 0 fully saturated rings. The molecule has 0 radical (unpaired) electrons. The minimum absolute atomic E-state index is 0.00649. The Morgan fingerprint density at radius 1 is 0.500 bits per heavy atom. The Labute approximate surface area is 345 Å². The summed E-state index contributed by atoms with van der Waals surface area (Å²) >= 11 is 0. The van der Waals surface area contributed by atoms with Crippen molar-refractivity contribution in [2.24, 2.45) is 5.92 Å². The fourth-order valence-corrected chi connectivity index (χ4v) is 6.39. The molecule has 0 saturated carbocycles. The molecule has 56 heavy (non-hydrogen) atoms. The summed E-state index contributed by atoms with van der Waals surface area (Å²) in [6.07, 6.45) is 41.1. The molecule has 1 unspecified atom stereocenters. The van der Waals surface area contributed by atoms with Crippen LogP contribution < -0.4 is 0 Å². The van der Waals surface area contributed by atoms with Gasteiger partial charge in [-0.2, -0.15) is 0 Å². The van der Waals surface area contributed by atoms with Crippen LogP contribution in [0, 0.1) is 5.92 Å². The van der Waals surface area contributed by atoms with E-state index in [1.54, 1.807) is 6.08 Å². The van der Waals surface area contributed by atoms with Crippen LogP contribution in [0.2, 0.25) is 0 Å². The van der Waals surface area contributed by atoms with E-state index >= 15 is 0 Å². The largest absolute Gasteiger partial charge is 0.508 e. The van der Waals surface area contributed by atoms with Gasteiger partial charge in [0, 0.05) is 19.0 Å². The molecule has 1 atom stereocenters. The van der Waals surface area contributed by atoms with E-state index in [0.717, 1.165) is 82.7 Å². The highest BCUT2D eigenvalue weighted by molar-refractivity contribution is 5.82. The SMILES string of the molecule is CCCCC/C=C\C/C=C\CCCCCCCC(=O)OCC(COC(=O)/C=C(\CCCCCCC)CCCCCCCCCC)COC(=O)OCCCN(C)C. The Balaban J connectivity index is 4.86. The summed E-state index contributed by atoms with van der Waals surface area (Å²) in [4.78, 5) is 40.0. The second kappa shape index (κ2) is 42.0. The normalized spacial score (nSPS) is 12.5. The van der Waals surface area contributed by atoms with Crippen molar-refractivity contribution in [3.05, 3.63) is 36.0 Å². The molecule has 8 heteroatoms. The Bertz CT molecular complexity index is 1010. The fraction of sp³-hybridized carbons (Fsp3) is 0.812. The van der Waals surface area contributed by atoms with Gasteiger partial charge in [-0.05, 0) is 84.7 Å². The summed E-state index contributed by atoms with van der Waals surface area (Å²) in [5, 5.41) is 0. The van der Waals surface area contributed by atoms with Crippen molar-refractivity contribution in [2.45, 2.75) is 201 Å². The number of rotatable bonds is 40. The van der Waals surface area contributed by atoms with E-state index in [1.165, 1.54) is 96.3 Å². The van der Waals surface area contributed by atoms with Gasteiger partial charge >= 0.3 is 18.1 Å². The molecule has 0 N–H and O–H groups in total. The lowest BCUT2D eigenvalue weighted by atomic mass is 9.99. The summed E-state index contributed by atoms with van der Waals surface area (Å²) in [5.74, 6) is -1.16. The predicted octanol–water partition coefficient (Wildman–Crippen LogP) is 13.4. The van der Waals surface area contributed by atoms with E-state index in [0.29, 0.717) is 12.8 Å². The van der Waals surface area contributed by atoms with Gasteiger partial charge in [-0.25, -0.2) is 9.59 Å². The zero-order valence-corrected chi connectivity index (χ0v) is 37.1. The number of ether oxygens (including phenoxy) is 4. The molecule has 0 rings (SSSR count). The molecular formula is C48H87NO7. The number of hydrogen-bond donors (Lipinski definition) is 0. The summed E-state index contributed by atoms with van der Waals surface area (Å²) in [6.45, 7) is 7.68. The maximum absolute atomic E-state index is 13.1. The number of allylic oxidation sites excluding steroid dienone is 5. The second-order valence-corrected chi connectivity index (χ2v) is 15.9. The molecule has 0 spiro atoms. The van der Waals surface area contributed by atoms with Crippen LogP contribution in [0.5, 0.6) is 0 Å². The van der Waals surface area contributed by atoms with Crippen molar-refractivity contribution in [1.29, 1.82) is 0 Å². The highest BCUT2D eigenvalue weighted by Crippen LogP contribution is 2.19. The molecule has 0 aliphatic carbocycles. The first-order valence-corrected chi connectivity index (χ1v) is 23.1. The number of nitrogens with zero attached hydrogens (tertiary/aromatic N) is 1. The van der Waals surface area contributed by atoms with Gasteiger partial charge in [0.15, 0.2) is 0 Å². The van der Waals surface area contributed by atoms with Gasteiger partial charge in [-0.15, -0.1) is 0 Å². The average Bonchev–Trinajstić information content (AvgIpc) is 3.18. The van der Waals surface area contributed by atoms with Gasteiger partial charge in [0.05, 0.1) is 12.5 Å². The number of unbranched alkanes of at least 4 members (excludes halogenated alkanes) is 19. The molecule has 0 aromatic rings. The topological polar surface area (TPSA) is 91.4 Å². The second-order valence-electron chi connectivity index (χ2n) is 15.9. The van der Waals surface area contributed by atoms with Crippen LogP contribution in [-0.2, 0) is 28.5 Å². The Kier molecular flexibility index (Phi) is 40.1. The standard InChI is InChI=1S/C48H87NO7/c1-6-9-12-15-17-19-20-21-22-23-24-25-27-30-33-37-46(50)54-41-45(43-56-48(52)53-39-34-38-49(4)5)42-55-47(51)40-44(35-31-28-14-11-8-3)36-32-29-26-18-16-13-10-7-2/h17,19,21-22,40,45H,6-16,18,20,23-39,41-43H2,1-5H3/b19-17-,22-21-,44-40+. The zero-order valence-electron chi connectivity index (χ0n) is 37.1. The summed E-state index contributed by atoms with van der Waals surface area (Å²) < 4.78 is 21.8. The molecular weight excluding hydrogens is 703 g/mol. The van der Waals surface area contributed by atoms with E-state index in [4.69, 9.17) is 18.9 Å². The van der Waals surface area contributed by atoms with E-state index < -0.39 is 12.1 Å². The lowest BCUT2D eigenvalue weighted by Crippen LogP contribution is -2.26. The predicted molar refractivity (Wildman–Crippen MR) is 234 cm³/mol. The van der Waals surface area contributed by atoms with Crippen molar-refractivity contribution in [3.63, 3.8) is 0 Å². The Morgan fingerprint density at radius 3 is 1.54 bits per heavy atom. The third-order valence-electron chi connectivity index (χ3n) is 9.95. The third kappa shape index (κ3) is 39.6. The van der Waals surface area contributed by atoms with E-state index in [2.05, 4.69) is 45.1 Å². The van der Waals surface area contributed by atoms with E-state index in [9.17, 15) is 14.4 Å². The maximum atomic E-state index is 13.1. The molecule has 0 saturated heterocycles. The number of hydrogen-bond acceptors (Lipinski definition) is 8. The maximum Gasteiger partial charge on any atom is 0.508 e. The van der Waals surface area contributed by atoms with Gasteiger partial charge in [0.25, 0.3) is 0 Å². The molecule has 0 aliphatic rings. The summed E-state index contributed by atoms with van der Waals surface area (Å²) in [6, 6.07) is 0. The van der Waals surface area contributed by atoms with Gasteiger partial charge in [0.1, 0.15) is 19.8 Å². The van der Waals surface area contributed by atoms with Crippen molar-refractivity contribution >= 4 is 18.1 Å². The average molecular weight is 790 g/mol. The van der Waals surface area contributed by atoms with Crippen molar-refractivity contribution < 1.29 is 33.3 Å². The smallest absolute Gasteiger partial charge is 0.465 e. The molecule has 326 valence electrons. The highest BCUT2D eigenvalue weighted by atomic mass is 16.7. The molecule has 0 bridgehead atoms. The van der Waals surface area contributed by atoms with Crippen LogP contribution in [0.25, 0.3) is 0 Å². The lowest BCUT2D eigenvalue weighted by molar-refractivity contribution is -0.148. The van der Waals surface area contributed by atoms with Crippen molar-refractivity contribution in [3.8, 4) is 0 Å². The van der Waals surface area contributed by atoms with Gasteiger partial charge in [-0.3, -0.25) is 4.79 Å². The molecule has 0 aromatic heterocycles. The Hall–Kier alpha value is -2.61. The van der Waals surface area contributed by atoms with Crippen LogP contribution in [0.3, 0.4) is 0 Å². The van der Waals surface area contributed by atoms with Gasteiger partial charge in [-0.1, -0.05) is 153 Å². The summed E-state index contributed by atoms with van der Waals surface area (Å²) in [5.41, 5.74) is 1.15. The third-order valence-corrected chi connectivity index (χ3v) is 9.95. The molecule has 0 heterocycles. The quantitative estimate of drug-likeness (QED) is 0.0199. The van der Waals surface area contributed by atoms with Crippen LogP contribution >= 0.6 is 0 Å². The molecule has 8 nitrogen and oxygen atoms in total. The summed E-state index contributed by atoms with van der Waals surface area (Å²) in [7, 11) is 3.92. The first-order valence-electron chi connectivity index (χ1n) is 23.1. The van der Waals surface area contributed by atoms with Crippen LogP contribution in [0.15, 0.2) is 36.0 Å². The van der Waals surface area contributed by atoms with Crippen LogP contribution in [0.1, 0.15) is 201 Å². The van der Waals surface area contributed by atoms with Crippen LogP contribution in [-0.4, -0.2) is 70.1 Å². The van der Waals surface area contributed by atoms with Gasteiger partial charge in [0.2, 0.25) is 0 Å². The number of carbonyl (C=O) groups excluding carboxylic acids is 3. The van der Waals surface area contributed by atoms with E-state index in [-0.39, 0.29) is 38.4 Å². The molecule has 0 aromatic carbocycles. The lowest BCUT2D eigenvalue weighted by Gasteiger charge is -2.17. The van der Waals surface area contributed by atoms with Crippen molar-refractivity contribution in [2.75, 3.05) is 47.1 Å². The minimum Gasteiger partial charge on any atom is -0.465 e.